The van der Waals surface area contributed by atoms with Crippen LogP contribution in [0.25, 0.3) is 0 Å². The summed E-state index contributed by atoms with van der Waals surface area (Å²) in [6.07, 6.45) is 0. The van der Waals surface area contributed by atoms with E-state index >= 15 is 0 Å². The van der Waals surface area contributed by atoms with Crippen LogP contribution >= 0.6 is 0 Å². The van der Waals surface area contributed by atoms with Crippen LogP contribution in [0, 0.1) is 36.0 Å². The molecule has 1 aliphatic heterocycles. The normalized spacial score (nSPS) is 12.9. The second kappa shape index (κ2) is 6.68. The Hall–Kier alpha value is -2.90. The Bertz CT molecular complexity index is 978. The summed E-state index contributed by atoms with van der Waals surface area (Å²) in [5, 5.41) is 0. The zero-order valence-electron chi connectivity index (χ0n) is 14.5. The van der Waals surface area contributed by atoms with Crippen molar-refractivity contribution < 1.29 is 36.2 Å². The summed E-state index contributed by atoms with van der Waals surface area (Å²) in [5.74, 6) is -10.0. The highest BCUT2D eigenvalue weighted by atomic mass is 19.2. The maximum Gasteiger partial charge on any atom is 0.231 e. The number of hydrogen-bond donors (Lipinski definition) is 0. The van der Waals surface area contributed by atoms with Gasteiger partial charge in [-0.25, -0.2) is 22.0 Å². The highest BCUT2D eigenvalue weighted by Gasteiger charge is 2.31. The van der Waals surface area contributed by atoms with Crippen LogP contribution in [-0.2, 0) is 6.61 Å². The second-order valence-corrected chi connectivity index (χ2v) is 6.16. The van der Waals surface area contributed by atoms with E-state index in [0.717, 1.165) is 0 Å². The molecule has 0 amide bonds. The van der Waals surface area contributed by atoms with E-state index in [1.165, 1.54) is 12.1 Å². The predicted octanol–water partition coefficient (Wildman–Crippen LogP) is 5.14. The van der Waals surface area contributed by atoms with Gasteiger partial charge in [-0.2, -0.15) is 0 Å². The van der Waals surface area contributed by atoms with Gasteiger partial charge in [0.25, 0.3) is 0 Å². The molecule has 2 aromatic carbocycles. The molecule has 3 nitrogen and oxygen atoms in total. The van der Waals surface area contributed by atoms with Gasteiger partial charge < -0.3 is 9.47 Å². The van der Waals surface area contributed by atoms with Crippen LogP contribution in [0.1, 0.15) is 35.3 Å². The first kappa shape index (κ1) is 18.9. The lowest BCUT2D eigenvalue weighted by atomic mass is 10.1. The van der Waals surface area contributed by atoms with Crippen molar-refractivity contribution in [1.82, 2.24) is 0 Å². The second-order valence-electron chi connectivity index (χ2n) is 6.16. The lowest BCUT2D eigenvalue weighted by Gasteiger charge is -2.13. The molecule has 0 atom stereocenters. The van der Waals surface area contributed by atoms with Gasteiger partial charge in [0.05, 0.1) is 11.1 Å². The Morgan fingerprint density at radius 1 is 0.963 bits per heavy atom. The third kappa shape index (κ3) is 2.94. The van der Waals surface area contributed by atoms with Crippen LogP contribution in [0.3, 0.4) is 0 Å². The SMILES string of the molecule is CC(C)=C1Oc2c(ccc(OCc3c(F)c(F)c(F)c(F)c3F)c2C)C1=O. The molecule has 0 unspecified atom stereocenters. The summed E-state index contributed by atoms with van der Waals surface area (Å²) in [7, 11) is 0. The fraction of sp³-hybridized carbons (Fsp3) is 0.211. The first-order valence-corrected chi connectivity index (χ1v) is 7.81. The lowest BCUT2D eigenvalue weighted by molar-refractivity contribution is 0.101. The van der Waals surface area contributed by atoms with Gasteiger partial charge in [0.1, 0.15) is 18.1 Å². The van der Waals surface area contributed by atoms with Gasteiger partial charge in [0.2, 0.25) is 11.6 Å². The van der Waals surface area contributed by atoms with E-state index < -0.39 is 41.3 Å². The van der Waals surface area contributed by atoms with Crippen molar-refractivity contribution >= 4 is 5.78 Å². The minimum atomic E-state index is -2.23. The van der Waals surface area contributed by atoms with Crippen molar-refractivity contribution in [2.75, 3.05) is 0 Å². The molecule has 0 aliphatic carbocycles. The van der Waals surface area contributed by atoms with Gasteiger partial charge in [-0.1, -0.05) is 0 Å². The molecule has 0 bridgehead atoms. The summed E-state index contributed by atoms with van der Waals surface area (Å²) < 4.78 is 77.9. The van der Waals surface area contributed by atoms with Crippen molar-refractivity contribution in [2.24, 2.45) is 0 Å². The average Bonchev–Trinajstić information content (AvgIpc) is 2.98. The molecule has 0 aromatic heterocycles. The van der Waals surface area contributed by atoms with Gasteiger partial charge >= 0.3 is 0 Å². The molecule has 1 aliphatic rings. The van der Waals surface area contributed by atoms with E-state index in [9.17, 15) is 26.7 Å². The molecule has 27 heavy (non-hydrogen) atoms. The first-order valence-electron chi connectivity index (χ1n) is 7.81. The number of allylic oxidation sites excluding steroid dienone is 2. The fourth-order valence-electron chi connectivity index (χ4n) is 2.67. The predicted molar refractivity (Wildman–Crippen MR) is 85.1 cm³/mol. The van der Waals surface area contributed by atoms with Crippen molar-refractivity contribution in [3.8, 4) is 11.5 Å². The van der Waals surface area contributed by atoms with Crippen LogP contribution in [0.5, 0.6) is 11.5 Å². The molecule has 0 N–H and O–H groups in total. The number of carbonyl (C=O) groups is 1. The molecule has 2 aromatic rings. The van der Waals surface area contributed by atoms with Crippen LogP contribution < -0.4 is 9.47 Å². The maximum atomic E-state index is 13.7. The Morgan fingerprint density at radius 3 is 2.07 bits per heavy atom. The van der Waals surface area contributed by atoms with Crippen molar-refractivity contribution in [1.29, 1.82) is 0 Å². The van der Waals surface area contributed by atoms with Crippen LogP contribution in [0.4, 0.5) is 22.0 Å². The smallest absolute Gasteiger partial charge is 0.231 e. The zero-order valence-corrected chi connectivity index (χ0v) is 14.5. The maximum absolute atomic E-state index is 13.7. The largest absolute Gasteiger partial charge is 0.488 e. The van der Waals surface area contributed by atoms with Crippen LogP contribution in [0.2, 0.25) is 0 Å². The number of rotatable bonds is 3. The molecule has 3 rings (SSSR count). The minimum Gasteiger partial charge on any atom is -0.488 e. The number of Topliss-reactive ketones (excluding diaryl/α,β-unsaturated/α-hetero) is 1. The summed E-state index contributed by atoms with van der Waals surface area (Å²) in [5.41, 5.74) is 0.237. The van der Waals surface area contributed by atoms with Gasteiger partial charge in [-0.05, 0) is 38.5 Å². The lowest BCUT2D eigenvalue weighted by Crippen LogP contribution is -2.10. The van der Waals surface area contributed by atoms with Gasteiger partial charge in [0.15, 0.2) is 29.0 Å². The zero-order chi connectivity index (χ0) is 20.0. The molecule has 0 spiro atoms. The summed E-state index contributed by atoms with van der Waals surface area (Å²) in [6, 6.07) is 2.78. The number of ketones is 1. The van der Waals surface area contributed by atoms with Crippen molar-refractivity contribution in [3.63, 3.8) is 0 Å². The Kier molecular flexibility index (Phi) is 4.67. The molecule has 0 fully saturated rings. The number of fused-ring (bicyclic) bond motifs is 1. The molecule has 1 heterocycles. The van der Waals surface area contributed by atoms with E-state index in [0.29, 0.717) is 16.7 Å². The van der Waals surface area contributed by atoms with Crippen molar-refractivity contribution in [2.45, 2.75) is 27.4 Å². The highest BCUT2D eigenvalue weighted by Crippen LogP contribution is 2.40. The number of ether oxygens (including phenoxy) is 2. The number of carbonyl (C=O) groups excluding carboxylic acids is 1. The Morgan fingerprint density at radius 2 is 1.52 bits per heavy atom. The molecular weight excluding hydrogens is 371 g/mol. The van der Waals surface area contributed by atoms with E-state index in [1.807, 2.05) is 0 Å². The fourth-order valence-corrected chi connectivity index (χ4v) is 2.67. The van der Waals surface area contributed by atoms with Crippen LogP contribution in [-0.4, -0.2) is 5.78 Å². The minimum absolute atomic E-state index is 0.0838. The number of benzene rings is 2. The summed E-state index contributed by atoms with van der Waals surface area (Å²) in [6.45, 7) is 4.06. The molecule has 8 heteroatoms. The molecule has 142 valence electrons. The van der Waals surface area contributed by atoms with Gasteiger partial charge in [-0.15, -0.1) is 0 Å². The number of hydrogen-bond acceptors (Lipinski definition) is 3. The van der Waals surface area contributed by atoms with E-state index in [-0.39, 0.29) is 23.0 Å². The van der Waals surface area contributed by atoms with E-state index in [2.05, 4.69) is 0 Å². The quantitative estimate of drug-likeness (QED) is 0.318. The summed E-state index contributed by atoms with van der Waals surface area (Å²) in [4.78, 5) is 12.2. The van der Waals surface area contributed by atoms with Crippen molar-refractivity contribution in [3.05, 3.63) is 69.2 Å². The summed E-state index contributed by atoms with van der Waals surface area (Å²) >= 11 is 0. The number of halogens is 5. The molecule has 0 radical (unpaired) electrons. The third-order valence-corrected chi connectivity index (χ3v) is 4.14. The molecule has 0 saturated carbocycles. The average molecular weight is 384 g/mol. The topological polar surface area (TPSA) is 35.5 Å². The highest BCUT2D eigenvalue weighted by molar-refractivity contribution is 6.13. The Balaban J connectivity index is 1.94. The molecular formula is C19H13F5O3. The first-order chi connectivity index (χ1) is 12.6. The monoisotopic (exact) mass is 384 g/mol. The standard InChI is InChI=1S/C19H13F5O3/c1-7(2)18-17(25)9-4-5-11(8(3)19(9)27-18)26-6-10-12(20)14(22)16(24)15(23)13(10)21/h4-5H,6H2,1-3H3. The third-order valence-electron chi connectivity index (χ3n) is 4.14. The van der Waals surface area contributed by atoms with Crippen LogP contribution in [0.15, 0.2) is 23.5 Å². The Labute approximate surface area is 151 Å². The molecule has 0 saturated heterocycles. The van der Waals surface area contributed by atoms with Gasteiger partial charge in [-0.3, -0.25) is 4.79 Å². The van der Waals surface area contributed by atoms with E-state index in [1.54, 1.807) is 20.8 Å². The van der Waals surface area contributed by atoms with Gasteiger partial charge in [0, 0.05) is 5.56 Å². The van der Waals surface area contributed by atoms with E-state index in [4.69, 9.17) is 9.47 Å².